The van der Waals surface area contributed by atoms with Gasteiger partial charge in [0.15, 0.2) is 0 Å². The molecule has 2 aromatic rings. The Morgan fingerprint density at radius 3 is 2.38 bits per heavy atom. The SMILES string of the molecule is CCn1nc(C)c(-c2cnc(N3CCOCC3)nc2)c1C. The number of ether oxygens (including phenoxy) is 1. The summed E-state index contributed by atoms with van der Waals surface area (Å²) < 4.78 is 7.37. The first-order chi connectivity index (χ1) is 10.2. The number of anilines is 1. The second-order valence-corrected chi connectivity index (χ2v) is 5.23. The summed E-state index contributed by atoms with van der Waals surface area (Å²) in [5, 5.41) is 4.55. The van der Waals surface area contributed by atoms with Gasteiger partial charge in [-0.2, -0.15) is 5.10 Å². The van der Waals surface area contributed by atoms with Crippen LogP contribution in [0, 0.1) is 13.8 Å². The van der Waals surface area contributed by atoms with Crippen LogP contribution < -0.4 is 4.90 Å². The van der Waals surface area contributed by atoms with E-state index in [1.54, 1.807) is 0 Å². The lowest BCUT2D eigenvalue weighted by Crippen LogP contribution is -2.37. The minimum atomic E-state index is 0.743. The van der Waals surface area contributed by atoms with Crippen molar-refractivity contribution in [1.29, 1.82) is 0 Å². The molecule has 0 N–H and O–H groups in total. The molecule has 0 saturated carbocycles. The first kappa shape index (κ1) is 14.0. The Bertz CT molecular complexity index is 614. The van der Waals surface area contributed by atoms with E-state index in [9.17, 15) is 0 Å². The number of rotatable bonds is 3. The van der Waals surface area contributed by atoms with Gasteiger partial charge in [0, 0.05) is 48.8 Å². The monoisotopic (exact) mass is 287 g/mol. The van der Waals surface area contributed by atoms with E-state index in [0.717, 1.165) is 61.3 Å². The van der Waals surface area contributed by atoms with E-state index >= 15 is 0 Å². The molecule has 0 aliphatic carbocycles. The van der Waals surface area contributed by atoms with E-state index in [1.807, 2.05) is 24.0 Å². The molecule has 112 valence electrons. The van der Waals surface area contributed by atoms with Crippen molar-refractivity contribution in [3.63, 3.8) is 0 Å². The number of morpholine rings is 1. The molecule has 21 heavy (non-hydrogen) atoms. The number of hydrogen-bond acceptors (Lipinski definition) is 5. The van der Waals surface area contributed by atoms with Crippen molar-refractivity contribution >= 4 is 5.95 Å². The largest absolute Gasteiger partial charge is 0.378 e. The Kier molecular flexibility index (Phi) is 3.88. The van der Waals surface area contributed by atoms with Crippen LogP contribution in [0.4, 0.5) is 5.95 Å². The van der Waals surface area contributed by atoms with E-state index < -0.39 is 0 Å². The average Bonchev–Trinajstić information content (AvgIpc) is 2.82. The zero-order chi connectivity index (χ0) is 14.8. The van der Waals surface area contributed by atoms with Crippen molar-refractivity contribution in [1.82, 2.24) is 19.7 Å². The van der Waals surface area contributed by atoms with E-state index in [1.165, 1.54) is 0 Å². The van der Waals surface area contributed by atoms with E-state index in [4.69, 9.17) is 4.74 Å². The summed E-state index contributed by atoms with van der Waals surface area (Å²) in [5.74, 6) is 0.778. The van der Waals surface area contributed by atoms with Crippen molar-refractivity contribution in [2.75, 3.05) is 31.2 Å². The van der Waals surface area contributed by atoms with Gasteiger partial charge in [-0.25, -0.2) is 9.97 Å². The van der Waals surface area contributed by atoms with Crippen LogP contribution in [0.2, 0.25) is 0 Å². The van der Waals surface area contributed by atoms with Crippen molar-refractivity contribution in [3.05, 3.63) is 23.8 Å². The van der Waals surface area contributed by atoms with Crippen molar-refractivity contribution < 1.29 is 4.74 Å². The van der Waals surface area contributed by atoms with Gasteiger partial charge >= 0.3 is 0 Å². The fourth-order valence-corrected chi connectivity index (χ4v) is 2.80. The van der Waals surface area contributed by atoms with Crippen LogP contribution in [-0.2, 0) is 11.3 Å². The Hall–Kier alpha value is -1.95. The first-order valence-corrected chi connectivity index (χ1v) is 7.39. The topological polar surface area (TPSA) is 56.1 Å². The third kappa shape index (κ3) is 2.63. The summed E-state index contributed by atoms with van der Waals surface area (Å²) >= 11 is 0. The van der Waals surface area contributed by atoms with Gasteiger partial charge in [-0.1, -0.05) is 0 Å². The Morgan fingerprint density at radius 2 is 1.81 bits per heavy atom. The Morgan fingerprint density at radius 1 is 1.14 bits per heavy atom. The normalized spacial score (nSPS) is 15.5. The molecule has 2 aromatic heterocycles. The van der Waals surface area contributed by atoms with Crippen LogP contribution in [0.1, 0.15) is 18.3 Å². The molecule has 1 aliphatic rings. The van der Waals surface area contributed by atoms with Crippen molar-refractivity contribution in [3.8, 4) is 11.1 Å². The van der Waals surface area contributed by atoms with Crippen LogP contribution in [0.5, 0.6) is 0 Å². The van der Waals surface area contributed by atoms with Crippen LogP contribution in [0.15, 0.2) is 12.4 Å². The second-order valence-electron chi connectivity index (χ2n) is 5.23. The van der Waals surface area contributed by atoms with Crippen LogP contribution in [0.3, 0.4) is 0 Å². The maximum Gasteiger partial charge on any atom is 0.225 e. The lowest BCUT2D eigenvalue weighted by atomic mass is 10.1. The summed E-state index contributed by atoms with van der Waals surface area (Å²) in [6.07, 6.45) is 3.80. The summed E-state index contributed by atoms with van der Waals surface area (Å²) in [7, 11) is 0. The highest BCUT2D eigenvalue weighted by Crippen LogP contribution is 2.26. The molecule has 0 atom stereocenters. The van der Waals surface area contributed by atoms with E-state index in [0.29, 0.717) is 0 Å². The number of aryl methyl sites for hydroxylation is 2. The molecule has 0 aromatic carbocycles. The molecule has 1 aliphatic heterocycles. The van der Waals surface area contributed by atoms with Gasteiger partial charge in [0.25, 0.3) is 0 Å². The molecule has 1 saturated heterocycles. The smallest absolute Gasteiger partial charge is 0.225 e. The highest BCUT2D eigenvalue weighted by Gasteiger charge is 2.16. The fourth-order valence-electron chi connectivity index (χ4n) is 2.80. The number of aromatic nitrogens is 4. The molecule has 6 heteroatoms. The predicted molar refractivity (Wildman–Crippen MR) is 81.4 cm³/mol. The van der Waals surface area contributed by atoms with Gasteiger partial charge in [0.05, 0.1) is 18.9 Å². The van der Waals surface area contributed by atoms with Gasteiger partial charge in [0.2, 0.25) is 5.95 Å². The Balaban J connectivity index is 1.88. The fraction of sp³-hybridized carbons (Fsp3) is 0.533. The van der Waals surface area contributed by atoms with Crippen molar-refractivity contribution in [2.24, 2.45) is 0 Å². The summed E-state index contributed by atoms with van der Waals surface area (Å²) in [6, 6.07) is 0. The second kappa shape index (κ2) is 5.81. The molecular formula is C15H21N5O. The molecule has 0 radical (unpaired) electrons. The van der Waals surface area contributed by atoms with E-state index in [-0.39, 0.29) is 0 Å². The zero-order valence-electron chi connectivity index (χ0n) is 12.8. The maximum atomic E-state index is 5.35. The molecule has 1 fully saturated rings. The van der Waals surface area contributed by atoms with Crippen LogP contribution >= 0.6 is 0 Å². The lowest BCUT2D eigenvalue weighted by molar-refractivity contribution is 0.122. The molecule has 0 amide bonds. The summed E-state index contributed by atoms with van der Waals surface area (Å²) in [5.41, 5.74) is 4.36. The molecule has 3 heterocycles. The standard InChI is InChI=1S/C15H21N5O/c1-4-20-12(3)14(11(2)18-20)13-9-16-15(17-10-13)19-5-7-21-8-6-19/h9-10H,4-8H2,1-3H3. The third-order valence-corrected chi connectivity index (χ3v) is 3.90. The average molecular weight is 287 g/mol. The number of nitrogens with zero attached hydrogens (tertiary/aromatic N) is 5. The molecule has 0 bridgehead atoms. The third-order valence-electron chi connectivity index (χ3n) is 3.90. The minimum Gasteiger partial charge on any atom is -0.378 e. The molecule has 0 spiro atoms. The Labute approximate surface area is 124 Å². The van der Waals surface area contributed by atoms with Crippen molar-refractivity contribution in [2.45, 2.75) is 27.3 Å². The molecule has 0 unspecified atom stereocenters. The zero-order valence-corrected chi connectivity index (χ0v) is 12.8. The number of hydrogen-bond donors (Lipinski definition) is 0. The van der Waals surface area contributed by atoms with Gasteiger partial charge in [-0.3, -0.25) is 4.68 Å². The van der Waals surface area contributed by atoms with Gasteiger partial charge in [0.1, 0.15) is 0 Å². The summed E-state index contributed by atoms with van der Waals surface area (Å²) in [4.78, 5) is 11.2. The molecule has 6 nitrogen and oxygen atoms in total. The van der Waals surface area contributed by atoms with E-state index in [2.05, 4.69) is 33.8 Å². The van der Waals surface area contributed by atoms with Gasteiger partial charge in [-0.15, -0.1) is 0 Å². The minimum absolute atomic E-state index is 0.743. The molecule has 3 rings (SSSR count). The highest BCUT2D eigenvalue weighted by atomic mass is 16.5. The quantitative estimate of drug-likeness (QED) is 0.862. The first-order valence-electron chi connectivity index (χ1n) is 7.39. The van der Waals surface area contributed by atoms with Crippen LogP contribution in [-0.4, -0.2) is 46.1 Å². The van der Waals surface area contributed by atoms with Crippen LogP contribution in [0.25, 0.3) is 11.1 Å². The molecular weight excluding hydrogens is 266 g/mol. The maximum absolute atomic E-state index is 5.35. The lowest BCUT2D eigenvalue weighted by Gasteiger charge is -2.26. The van der Waals surface area contributed by atoms with Gasteiger partial charge in [-0.05, 0) is 20.8 Å². The van der Waals surface area contributed by atoms with Gasteiger partial charge < -0.3 is 9.64 Å². The highest BCUT2D eigenvalue weighted by molar-refractivity contribution is 5.67. The predicted octanol–water partition coefficient (Wildman–Crippen LogP) is 1.81. The summed E-state index contributed by atoms with van der Waals surface area (Å²) in [6.45, 7) is 10.3.